The van der Waals surface area contributed by atoms with Gasteiger partial charge >= 0.3 is 0 Å². The van der Waals surface area contributed by atoms with Crippen molar-refractivity contribution in [1.82, 2.24) is 10.2 Å². The molecule has 0 spiro atoms. The molecule has 1 aliphatic heterocycles. The van der Waals surface area contributed by atoms with Gasteiger partial charge in [0.05, 0.1) is 12.2 Å². The average molecular weight is 272 g/mol. The van der Waals surface area contributed by atoms with Crippen LogP contribution in [0.5, 0.6) is 0 Å². The minimum absolute atomic E-state index is 0.0117. The van der Waals surface area contributed by atoms with Crippen LogP contribution in [-0.2, 0) is 4.79 Å². The lowest BCUT2D eigenvalue weighted by Gasteiger charge is -2.32. The van der Waals surface area contributed by atoms with E-state index in [0.717, 1.165) is 19.4 Å². The van der Waals surface area contributed by atoms with Gasteiger partial charge in [0, 0.05) is 11.3 Å². The van der Waals surface area contributed by atoms with Gasteiger partial charge in [-0.3, -0.25) is 10.1 Å². The second-order valence-electron chi connectivity index (χ2n) is 5.88. The maximum atomic E-state index is 12.5. The van der Waals surface area contributed by atoms with E-state index < -0.39 is 0 Å². The van der Waals surface area contributed by atoms with E-state index in [4.69, 9.17) is 0 Å². The zero-order valence-electron chi connectivity index (χ0n) is 12.6. The molecule has 106 valence electrons. The van der Waals surface area contributed by atoms with Crippen LogP contribution < -0.4 is 5.32 Å². The number of rotatable bonds is 6. The van der Waals surface area contributed by atoms with Gasteiger partial charge in [0.25, 0.3) is 0 Å². The van der Waals surface area contributed by atoms with Crippen molar-refractivity contribution in [1.29, 1.82) is 0 Å². The summed E-state index contributed by atoms with van der Waals surface area (Å²) in [6.07, 6.45) is 4.34. The number of hydrogen-bond acceptors (Lipinski definition) is 3. The van der Waals surface area contributed by atoms with Crippen LogP contribution in [0.25, 0.3) is 0 Å². The van der Waals surface area contributed by atoms with E-state index in [9.17, 15) is 4.79 Å². The summed E-state index contributed by atoms with van der Waals surface area (Å²) in [7, 11) is 0. The molecule has 1 rings (SSSR count). The fraction of sp³-hybridized carbons (Fsp3) is 0.929. The number of hydrogen-bond donors (Lipinski definition) is 1. The molecule has 1 aliphatic rings. The number of thioether (sulfide) groups is 1. The normalized spacial score (nSPS) is 26.8. The Morgan fingerprint density at radius 3 is 2.50 bits per heavy atom. The zero-order valence-corrected chi connectivity index (χ0v) is 13.4. The van der Waals surface area contributed by atoms with Crippen molar-refractivity contribution in [3.05, 3.63) is 0 Å². The molecule has 0 saturated carbocycles. The third-order valence-corrected chi connectivity index (χ3v) is 5.23. The SMILES string of the molecule is CCC(C)C1NC(CC)N(CC(C)(C)SC)C1=O. The minimum Gasteiger partial charge on any atom is -0.324 e. The van der Waals surface area contributed by atoms with Gasteiger partial charge in [-0.2, -0.15) is 11.8 Å². The zero-order chi connectivity index (χ0) is 13.9. The van der Waals surface area contributed by atoms with Gasteiger partial charge in [-0.1, -0.05) is 27.2 Å². The van der Waals surface area contributed by atoms with E-state index in [-0.39, 0.29) is 17.0 Å². The third-order valence-electron chi connectivity index (χ3n) is 4.00. The maximum Gasteiger partial charge on any atom is 0.241 e. The quantitative estimate of drug-likeness (QED) is 0.807. The highest BCUT2D eigenvalue weighted by molar-refractivity contribution is 7.99. The lowest BCUT2D eigenvalue weighted by Crippen LogP contribution is -2.44. The Morgan fingerprint density at radius 2 is 2.06 bits per heavy atom. The van der Waals surface area contributed by atoms with E-state index in [1.54, 1.807) is 0 Å². The maximum absolute atomic E-state index is 12.5. The van der Waals surface area contributed by atoms with Crippen LogP contribution >= 0.6 is 11.8 Å². The Morgan fingerprint density at radius 1 is 1.44 bits per heavy atom. The molecule has 0 radical (unpaired) electrons. The summed E-state index contributed by atoms with van der Waals surface area (Å²) in [6, 6.07) is 0.0117. The molecular weight excluding hydrogens is 244 g/mol. The predicted octanol–water partition coefficient (Wildman–Crippen LogP) is 2.71. The molecule has 3 unspecified atom stereocenters. The molecule has 0 aromatic carbocycles. The summed E-state index contributed by atoms with van der Waals surface area (Å²) in [6.45, 7) is 11.7. The second kappa shape index (κ2) is 6.29. The van der Waals surface area contributed by atoms with Crippen LogP contribution in [0.15, 0.2) is 0 Å². The van der Waals surface area contributed by atoms with Crippen LogP contribution in [-0.4, -0.2) is 40.6 Å². The first-order valence-corrected chi connectivity index (χ1v) is 8.20. The minimum atomic E-state index is 0.0117. The Bertz CT molecular complexity index is 294. The van der Waals surface area contributed by atoms with E-state index in [2.05, 4.69) is 46.2 Å². The largest absolute Gasteiger partial charge is 0.324 e. The number of nitrogens with zero attached hydrogens (tertiary/aromatic N) is 1. The molecule has 18 heavy (non-hydrogen) atoms. The van der Waals surface area contributed by atoms with E-state index in [1.807, 2.05) is 16.7 Å². The standard InChI is InChI=1S/C14H28N2OS/c1-7-10(3)12-13(17)16(11(8-2)15-12)9-14(4,5)18-6/h10-12,15H,7-9H2,1-6H3. The Labute approximate surface area is 116 Å². The van der Waals surface area contributed by atoms with Gasteiger partial charge in [-0.25, -0.2) is 0 Å². The molecule has 3 nitrogen and oxygen atoms in total. The fourth-order valence-corrected chi connectivity index (χ4v) is 2.61. The first kappa shape index (κ1) is 15.8. The number of carbonyl (C=O) groups excluding carboxylic acids is 1. The molecule has 1 heterocycles. The number of nitrogens with one attached hydrogen (secondary N) is 1. The van der Waals surface area contributed by atoms with Crippen LogP contribution in [0.3, 0.4) is 0 Å². The molecule has 1 fully saturated rings. The van der Waals surface area contributed by atoms with Crippen LogP contribution in [0.2, 0.25) is 0 Å². The van der Waals surface area contributed by atoms with Crippen LogP contribution in [0, 0.1) is 5.92 Å². The highest BCUT2D eigenvalue weighted by Crippen LogP contribution is 2.28. The van der Waals surface area contributed by atoms with Gasteiger partial charge in [0.1, 0.15) is 0 Å². The van der Waals surface area contributed by atoms with E-state index >= 15 is 0 Å². The van der Waals surface area contributed by atoms with Crippen LogP contribution in [0.1, 0.15) is 47.5 Å². The summed E-state index contributed by atoms with van der Waals surface area (Å²) < 4.78 is 0.120. The molecule has 1 amide bonds. The number of carbonyl (C=O) groups is 1. The van der Waals surface area contributed by atoms with Crippen molar-refractivity contribution in [2.24, 2.45) is 5.92 Å². The van der Waals surface area contributed by atoms with E-state index in [0.29, 0.717) is 11.8 Å². The van der Waals surface area contributed by atoms with Gasteiger partial charge in [0.2, 0.25) is 5.91 Å². The van der Waals surface area contributed by atoms with Gasteiger partial charge in [-0.15, -0.1) is 0 Å². The summed E-state index contributed by atoms with van der Waals surface area (Å²) in [5.41, 5.74) is 0. The van der Waals surface area contributed by atoms with Crippen molar-refractivity contribution in [3.8, 4) is 0 Å². The number of amides is 1. The lowest BCUT2D eigenvalue weighted by atomic mass is 9.99. The Hall–Kier alpha value is -0.220. The third kappa shape index (κ3) is 3.41. The highest BCUT2D eigenvalue weighted by atomic mass is 32.2. The average Bonchev–Trinajstić information content (AvgIpc) is 2.65. The summed E-state index contributed by atoms with van der Waals surface area (Å²) in [5.74, 6) is 0.701. The van der Waals surface area contributed by atoms with Crippen molar-refractivity contribution in [2.45, 2.75) is 64.4 Å². The molecule has 4 heteroatoms. The molecule has 0 aromatic heterocycles. The van der Waals surface area contributed by atoms with Crippen molar-refractivity contribution >= 4 is 17.7 Å². The fourth-order valence-electron chi connectivity index (χ4n) is 2.35. The predicted molar refractivity (Wildman–Crippen MR) is 79.8 cm³/mol. The van der Waals surface area contributed by atoms with E-state index in [1.165, 1.54) is 0 Å². The lowest BCUT2D eigenvalue weighted by molar-refractivity contribution is -0.131. The topological polar surface area (TPSA) is 32.3 Å². The van der Waals surface area contributed by atoms with Crippen molar-refractivity contribution < 1.29 is 4.79 Å². The molecular formula is C14H28N2OS. The first-order valence-electron chi connectivity index (χ1n) is 6.98. The monoisotopic (exact) mass is 272 g/mol. The van der Waals surface area contributed by atoms with Gasteiger partial charge < -0.3 is 4.90 Å². The molecule has 0 bridgehead atoms. The Kier molecular flexibility index (Phi) is 5.53. The van der Waals surface area contributed by atoms with Gasteiger partial charge in [-0.05, 0) is 32.4 Å². The summed E-state index contributed by atoms with van der Waals surface area (Å²) >= 11 is 1.82. The molecule has 1 saturated heterocycles. The first-order chi connectivity index (χ1) is 8.36. The summed E-state index contributed by atoms with van der Waals surface area (Å²) in [5, 5.41) is 3.50. The summed E-state index contributed by atoms with van der Waals surface area (Å²) in [4.78, 5) is 14.6. The molecule has 1 N–H and O–H groups in total. The highest BCUT2D eigenvalue weighted by Gasteiger charge is 2.41. The van der Waals surface area contributed by atoms with Gasteiger partial charge in [0.15, 0.2) is 0 Å². The Balaban J connectivity index is 2.80. The smallest absolute Gasteiger partial charge is 0.241 e. The molecule has 0 aliphatic carbocycles. The van der Waals surface area contributed by atoms with Crippen LogP contribution in [0.4, 0.5) is 0 Å². The van der Waals surface area contributed by atoms with Crippen molar-refractivity contribution in [3.63, 3.8) is 0 Å². The molecule has 3 atom stereocenters. The second-order valence-corrected chi connectivity index (χ2v) is 7.40. The molecule has 0 aromatic rings. The van der Waals surface area contributed by atoms with Crippen molar-refractivity contribution in [2.75, 3.05) is 12.8 Å².